The Hall–Kier alpha value is -1.47. The third-order valence-corrected chi connectivity index (χ3v) is 3.72. The fourth-order valence-electron chi connectivity index (χ4n) is 1.28. The Kier molecular flexibility index (Phi) is 5.44. The lowest BCUT2D eigenvalue weighted by Gasteiger charge is -2.09. The number of carbonyl (C=O) groups excluding carboxylic acids is 1. The minimum absolute atomic E-state index is 0.194. The highest BCUT2D eigenvalue weighted by Crippen LogP contribution is 2.25. The van der Waals surface area contributed by atoms with E-state index in [0.717, 1.165) is 0 Å². The number of hydrogen-bond acceptors (Lipinski definition) is 5. The maximum atomic E-state index is 11.7. The van der Waals surface area contributed by atoms with Gasteiger partial charge in [0.15, 0.2) is 0 Å². The minimum Gasteiger partial charge on any atom is -0.466 e. The first-order chi connectivity index (χ1) is 8.84. The average Bonchev–Trinajstić information content (AvgIpc) is 2.31. The van der Waals surface area contributed by atoms with Gasteiger partial charge in [-0.15, -0.1) is 0 Å². The maximum Gasteiger partial charge on any atom is 0.306 e. The second-order valence-electron chi connectivity index (χ2n) is 3.72. The third kappa shape index (κ3) is 5.35. The molecule has 1 aromatic carbocycles. The number of halogens is 1. The molecular weight excluding hydrogens is 292 g/mol. The van der Waals surface area contributed by atoms with E-state index in [0.29, 0.717) is 5.69 Å². The molecule has 0 atom stereocenters. The highest BCUT2D eigenvalue weighted by molar-refractivity contribution is 7.92. The first kappa shape index (κ1) is 15.6. The van der Waals surface area contributed by atoms with Gasteiger partial charge in [-0.3, -0.25) is 9.52 Å². The molecule has 0 saturated carbocycles. The van der Waals surface area contributed by atoms with Crippen molar-refractivity contribution >= 4 is 39.0 Å². The summed E-state index contributed by atoms with van der Waals surface area (Å²) in [5.74, 6) is -0.928. The van der Waals surface area contributed by atoms with Gasteiger partial charge in [0.2, 0.25) is 10.0 Å². The number of hydrogen-bond donors (Lipinski definition) is 2. The minimum atomic E-state index is -3.66. The number of sulfonamides is 1. The molecule has 3 N–H and O–H groups in total. The number of nitrogens with one attached hydrogen (secondary N) is 1. The largest absolute Gasteiger partial charge is 0.466 e. The molecule has 0 aliphatic rings. The van der Waals surface area contributed by atoms with Gasteiger partial charge < -0.3 is 10.5 Å². The molecule has 1 rings (SSSR count). The van der Waals surface area contributed by atoms with E-state index in [1.165, 1.54) is 18.2 Å². The maximum absolute atomic E-state index is 11.7. The van der Waals surface area contributed by atoms with Gasteiger partial charge in [0, 0.05) is 5.69 Å². The molecule has 0 bridgehead atoms. The van der Waals surface area contributed by atoms with Crippen molar-refractivity contribution in [3.8, 4) is 0 Å². The standard InChI is InChI=1S/C11H15ClN2O4S/c1-2-18-11(15)5-6-19(16,17)14-10-4-3-8(13)7-9(10)12/h3-4,7,14H,2,5-6,13H2,1H3. The number of esters is 1. The van der Waals surface area contributed by atoms with E-state index in [4.69, 9.17) is 17.3 Å². The van der Waals surface area contributed by atoms with E-state index >= 15 is 0 Å². The second kappa shape index (κ2) is 6.63. The Morgan fingerprint density at radius 2 is 2.16 bits per heavy atom. The van der Waals surface area contributed by atoms with Crippen molar-refractivity contribution in [1.29, 1.82) is 0 Å². The molecule has 19 heavy (non-hydrogen) atoms. The highest BCUT2D eigenvalue weighted by atomic mass is 35.5. The van der Waals surface area contributed by atoms with Gasteiger partial charge >= 0.3 is 5.97 Å². The fourth-order valence-corrected chi connectivity index (χ4v) is 2.63. The number of anilines is 2. The number of ether oxygens (including phenoxy) is 1. The number of nitrogens with two attached hydrogens (primary N) is 1. The molecule has 0 heterocycles. The molecular formula is C11H15ClN2O4S. The van der Waals surface area contributed by atoms with Gasteiger partial charge in [-0.1, -0.05) is 11.6 Å². The Bertz CT molecular complexity index is 560. The molecule has 0 fully saturated rings. The van der Waals surface area contributed by atoms with Crippen LogP contribution in [0.1, 0.15) is 13.3 Å². The van der Waals surface area contributed by atoms with E-state index in [9.17, 15) is 13.2 Å². The lowest BCUT2D eigenvalue weighted by Crippen LogP contribution is -2.20. The Morgan fingerprint density at radius 1 is 1.47 bits per heavy atom. The van der Waals surface area contributed by atoms with Crippen molar-refractivity contribution in [1.82, 2.24) is 0 Å². The Morgan fingerprint density at radius 3 is 2.74 bits per heavy atom. The number of nitrogen functional groups attached to an aromatic ring is 1. The van der Waals surface area contributed by atoms with E-state index in [-0.39, 0.29) is 29.5 Å². The summed E-state index contributed by atoms with van der Waals surface area (Å²) in [4.78, 5) is 11.1. The van der Waals surface area contributed by atoms with E-state index in [1.54, 1.807) is 6.92 Å². The van der Waals surface area contributed by atoms with Crippen LogP contribution in [0.5, 0.6) is 0 Å². The number of rotatable bonds is 6. The summed E-state index contributed by atoms with van der Waals surface area (Å²) in [5.41, 5.74) is 6.15. The average molecular weight is 307 g/mol. The van der Waals surface area contributed by atoms with Crippen LogP contribution in [0, 0.1) is 0 Å². The molecule has 0 amide bonds. The van der Waals surface area contributed by atoms with E-state index < -0.39 is 16.0 Å². The summed E-state index contributed by atoms with van der Waals surface area (Å²) < 4.78 is 30.4. The molecule has 1 aromatic rings. The van der Waals surface area contributed by atoms with Crippen molar-refractivity contribution in [3.05, 3.63) is 23.2 Å². The van der Waals surface area contributed by atoms with Gasteiger partial charge in [-0.05, 0) is 25.1 Å². The van der Waals surface area contributed by atoms with Crippen LogP contribution in [0.3, 0.4) is 0 Å². The van der Waals surface area contributed by atoms with Crippen LogP contribution >= 0.6 is 11.6 Å². The van der Waals surface area contributed by atoms with Crippen LogP contribution in [-0.4, -0.2) is 26.7 Å². The predicted molar refractivity (Wildman–Crippen MR) is 74.5 cm³/mol. The molecule has 0 spiro atoms. The van der Waals surface area contributed by atoms with Crippen molar-refractivity contribution in [2.45, 2.75) is 13.3 Å². The van der Waals surface area contributed by atoms with Crippen molar-refractivity contribution in [3.63, 3.8) is 0 Å². The van der Waals surface area contributed by atoms with Gasteiger partial charge in [-0.2, -0.15) is 0 Å². The topological polar surface area (TPSA) is 98.5 Å². The van der Waals surface area contributed by atoms with Crippen LogP contribution in [0.15, 0.2) is 18.2 Å². The van der Waals surface area contributed by atoms with Gasteiger partial charge in [0.05, 0.1) is 29.5 Å². The summed E-state index contributed by atoms with van der Waals surface area (Å²) >= 11 is 5.85. The van der Waals surface area contributed by atoms with E-state index in [1.807, 2.05) is 0 Å². The quantitative estimate of drug-likeness (QED) is 0.614. The lowest BCUT2D eigenvalue weighted by molar-refractivity contribution is -0.142. The van der Waals surface area contributed by atoms with Crippen molar-refractivity contribution in [2.75, 3.05) is 22.8 Å². The first-order valence-corrected chi connectivity index (χ1v) is 7.58. The van der Waals surface area contributed by atoms with Gasteiger partial charge in [0.1, 0.15) is 0 Å². The van der Waals surface area contributed by atoms with Gasteiger partial charge in [0.25, 0.3) is 0 Å². The van der Waals surface area contributed by atoms with Crippen LogP contribution in [-0.2, 0) is 19.6 Å². The summed E-state index contributed by atoms with van der Waals surface area (Å²) in [6.07, 6.45) is -0.213. The fraction of sp³-hybridized carbons (Fsp3) is 0.364. The molecule has 0 unspecified atom stereocenters. The summed E-state index contributed by atoms with van der Waals surface area (Å²) in [6.45, 7) is 1.87. The zero-order valence-electron chi connectivity index (χ0n) is 10.3. The molecule has 0 saturated heterocycles. The number of carbonyl (C=O) groups is 1. The highest BCUT2D eigenvalue weighted by Gasteiger charge is 2.15. The zero-order valence-corrected chi connectivity index (χ0v) is 11.9. The molecule has 0 radical (unpaired) electrons. The van der Waals surface area contributed by atoms with Crippen molar-refractivity contribution < 1.29 is 17.9 Å². The second-order valence-corrected chi connectivity index (χ2v) is 5.96. The molecule has 6 nitrogen and oxygen atoms in total. The smallest absolute Gasteiger partial charge is 0.306 e. The predicted octanol–water partition coefficient (Wildman–Crippen LogP) is 1.62. The number of benzene rings is 1. The van der Waals surface area contributed by atoms with E-state index in [2.05, 4.69) is 9.46 Å². The first-order valence-electron chi connectivity index (χ1n) is 5.55. The van der Waals surface area contributed by atoms with Crippen LogP contribution in [0.4, 0.5) is 11.4 Å². The lowest BCUT2D eigenvalue weighted by atomic mass is 10.3. The normalized spacial score (nSPS) is 11.1. The zero-order chi connectivity index (χ0) is 14.5. The summed E-state index contributed by atoms with van der Waals surface area (Å²) in [6, 6.07) is 4.42. The molecule has 8 heteroatoms. The molecule has 106 valence electrons. The molecule has 0 aliphatic carbocycles. The van der Waals surface area contributed by atoms with Crippen molar-refractivity contribution in [2.24, 2.45) is 0 Å². The SMILES string of the molecule is CCOC(=O)CCS(=O)(=O)Nc1ccc(N)cc1Cl. The van der Waals surface area contributed by atoms with Crippen LogP contribution in [0.2, 0.25) is 5.02 Å². The Labute approximate surface area is 116 Å². The van der Waals surface area contributed by atoms with Crippen LogP contribution in [0.25, 0.3) is 0 Å². The van der Waals surface area contributed by atoms with Crippen LogP contribution < -0.4 is 10.5 Å². The summed E-state index contributed by atoms with van der Waals surface area (Å²) in [5, 5.41) is 0.194. The van der Waals surface area contributed by atoms with Gasteiger partial charge in [-0.25, -0.2) is 8.42 Å². The molecule has 0 aromatic heterocycles. The Balaban J connectivity index is 2.66. The third-order valence-electron chi connectivity index (χ3n) is 2.14. The monoisotopic (exact) mass is 306 g/mol. The molecule has 0 aliphatic heterocycles. The summed E-state index contributed by atoms with van der Waals surface area (Å²) in [7, 11) is -3.66.